The molecule has 0 radical (unpaired) electrons. The number of fused-ring (bicyclic) bond motifs is 4. The van der Waals surface area contributed by atoms with Gasteiger partial charge in [0.25, 0.3) is 0 Å². The Morgan fingerprint density at radius 1 is 0.645 bits per heavy atom. The maximum absolute atomic E-state index is 3.34. The van der Waals surface area contributed by atoms with E-state index in [1.54, 1.807) is 0 Å². The standard InChI is InChI=1S/C15H11.C13H9.2ClH.Zr/c1-2-6-12(5-1)15-10-9-13-7-3-4-8-14(13)11-15;1-3-7-12-10(5-1)9-11-6-2-4-8-13(11)12;;;/h1,3-5,7-11H,2H2;1-9H;2*1H;/q2*-1;;;+4/p-2. The van der Waals surface area contributed by atoms with Crippen LogP contribution in [0.3, 0.4) is 0 Å². The van der Waals surface area contributed by atoms with Crippen LogP contribution in [0.5, 0.6) is 0 Å². The molecule has 3 heteroatoms. The van der Waals surface area contributed by atoms with Gasteiger partial charge in [0.05, 0.1) is 0 Å². The number of hydrogen-bond donors (Lipinski definition) is 0. The van der Waals surface area contributed by atoms with Crippen molar-refractivity contribution in [3.8, 4) is 0 Å². The van der Waals surface area contributed by atoms with Gasteiger partial charge in [0.2, 0.25) is 0 Å². The largest absolute Gasteiger partial charge is 4.00 e. The van der Waals surface area contributed by atoms with E-state index < -0.39 is 0 Å². The van der Waals surface area contributed by atoms with E-state index in [0.717, 1.165) is 6.42 Å². The summed E-state index contributed by atoms with van der Waals surface area (Å²) in [4.78, 5) is 0. The zero-order valence-corrected chi connectivity index (χ0v) is 20.8. The van der Waals surface area contributed by atoms with Crippen molar-refractivity contribution in [2.24, 2.45) is 0 Å². The van der Waals surface area contributed by atoms with E-state index in [1.807, 2.05) is 0 Å². The van der Waals surface area contributed by atoms with Gasteiger partial charge in [-0.2, -0.15) is 17.7 Å². The predicted octanol–water partition coefficient (Wildman–Crippen LogP) is 1.70. The fourth-order valence-corrected chi connectivity index (χ4v) is 3.86. The van der Waals surface area contributed by atoms with Crippen molar-refractivity contribution < 1.29 is 51.0 Å². The molecule has 5 aromatic rings. The van der Waals surface area contributed by atoms with Gasteiger partial charge in [-0.3, -0.25) is 0 Å². The van der Waals surface area contributed by atoms with E-state index in [-0.39, 0.29) is 51.0 Å². The monoisotopic (exact) mass is 516 g/mol. The van der Waals surface area contributed by atoms with Crippen LogP contribution in [-0.2, 0) is 26.2 Å². The first-order valence-electron chi connectivity index (χ1n) is 9.68. The van der Waals surface area contributed by atoms with E-state index >= 15 is 0 Å². The molecule has 0 N–H and O–H groups in total. The maximum atomic E-state index is 3.34. The number of benzene rings is 4. The number of halogens is 2. The van der Waals surface area contributed by atoms with Gasteiger partial charge >= 0.3 is 26.2 Å². The fourth-order valence-electron chi connectivity index (χ4n) is 3.86. The van der Waals surface area contributed by atoms with E-state index in [9.17, 15) is 0 Å². The van der Waals surface area contributed by atoms with Crippen LogP contribution >= 0.6 is 0 Å². The predicted molar refractivity (Wildman–Crippen MR) is 121 cm³/mol. The van der Waals surface area contributed by atoms with Crippen LogP contribution in [0.2, 0.25) is 0 Å². The van der Waals surface area contributed by atoms with Crippen molar-refractivity contribution in [3.63, 3.8) is 0 Å². The zero-order chi connectivity index (χ0) is 18.8. The van der Waals surface area contributed by atoms with Crippen molar-refractivity contribution in [3.05, 3.63) is 121 Å². The maximum Gasteiger partial charge on any atom is 4.00 e. The second kappa shape index (κ2) is 11.5. The van der Waals surface area contributed by atoms with Crippen LogP contribution in [0.15, 0.2) is 109 Å². The molecule has 0 saturated carbocycles. The van der Waals surface area contributed by atoms with Crippen molar-refractivity contribution in [1.82, 2.24) is 0 Å². The van der Waals surface area contributed by atoms with Gasteiger partial charge in [0.15, 0.2) is 0 Å². The van der Waals surface area contributed by atoms with Crippen LogP contribution in [0.1, 0.15) is 12.0 Å². The first kappa shape index (κ1) is 25.2. The van der Waals surface area contributed by atoms with Gasteiger partial charge in [0, 0.05) is 0 Å². The molecule has 0 saturated heterocycles. The van der Waals surface area contributed by atoms with Crippen LogP contribution < -0.4 is 24.8 Å². The molecule has 0 heterocycles. The van der Waals surface area contributed by atoms with Gasteiger partial charge in [-0.15, -0.1) is 63.5 Å². The van der Waals surface area contributed by atoms with Crippen LogP contribution in [0.25, 0.3) is 37.9 Å². The van der Waals surface area contributed by atoms with Gasteiger partial charge in [-0.1, -0.05) is 73.2 Å². The normalized spacial score (nSPS) is 11.7. The third-order valence-electron chi connectivity index (χ3n) is 5.28. The van der Waals surface area contributed by atoms with Crippen molar-refractivity contribution in [1.29, 1.82) is 0 Å². The smallest absolute Gasteiger partial charge is 1.00 e. The molecule has 150 valence electrons. The van der Waals surface area contributed by atoms with E-state index in [1.165, 1.54) is 43.5 Å². The third-order valence-corrected chi connectivity index (χ3v) is 5.28. The Morgan fingerprint density at radius 3 is 1.84 bits per heavy atom. The number of allylic oxidation sites excluding steroid dienone is 4. The summed E-state index contributed by atoms with van der Waals surface area (Å²) in [6.45, 7) is 0. The van der Waals surface area contributed by atoms with Crippen molar-refractivity contribution in [2.45, 2.75) is 6.42 Å². The molecule has 0 aliphatic heterocycles. The van der Waals surface area contributed by atoms with E-state index in [2.05, 4.69) is 115 Å². The Balaban J connectivity index is 0.000000202. The Bertz CT molecular complexity index is 1290. The van der Waals surface area contributed by atoms with Crippen molar-refractivity contribution >= 4 is 37.9 Å². The van der Waals surface area contributed by atoms with Gasteiger partial charge in [-0.05, 0) is 10.8 Å². The number of hydrogen-bond acceptors (Lipinski definition) is 0. The molecular formula is C28H20Cl2Zr. The third kappa shape index (κ3) is 5.42. The molecule has 5 aromatic carbocycles. The molecule has 6 rings (SSSR count). The molecule has 0 bridgehead atoms. The molecule has 0 amide bonds. The first-order chi connectivity index (χ1) is 13.9. The summed E-state index contributed by atoms with van der Waals surface area (Å²) in [6.07, 6.45) is 8.58. The molecule has 0 aromatic heterocycles. The summed E-state index contributed by atoms with van der Waals surface area (Å²) in [6, 6.07) is 34.3. The summed E-state index contributed by atoms with van der Waals surface area (Å²) in [7, 11) is 0. The topological polar surface area (TPSA) is 0 Å². The molecular weight excluding hydrogens is 498 g/mol. The fraction of sp³-hybridized carbons (Fsp3) is 0.0357. The summed E-state index contributed by atoms with van der Waals surface area (Å²) in [5, 5.41) is 7.98. The summed E-state index contributed by atoms with van der Waals surface area (Å²) < 4.78 is 0. The van der Waals surface area contributed by atoms with Crippen LogP contribution in [-0.4, -0.2) is 0 Å². The minimum atomic E-state index is 0. The van der Waals surface area contributed by atoms with E-state index in [4.69, 9.17) is 0 Å². The minimum absolute atomic E-state index is 0. The van der Waals surface area contributed by atoms with Gasteiger partial charge in [0.1, 0.15) is 0 Å². The Hall–Kier alpha value is -2.05. The average molecular weight is 519 g/mol. The molecule has 31 heavy (non-hydrogen) atoms. The summed E-state index contributed by atoms with van der Waals surface area (Å²) >= 11 is 0. The second-order valence-electron chi connectivity index (χ2n) is 7.08. The summed E-state index contributed by atoms with van der Waals surface area (Å²) in [5.41, 5.74) is 2.49. The Labute approximate surface area is 215 Å². The molecule has 0 unspecified atom stereocenters. The molecule has 0 atom stereocenters. The van der Waals surface area contributed by atoms with Crippen LogP contribution in [0, 0.1) is 6.08 Å². The molecule has 0 spiro atoms. The van der Waals surface area contributed by atoms with E-state index in [0.29, 0.717) is 0 Å². The molecule has 0 nitrogen and oxygen atoms in total. The average Bonchev–Trinajstić information content (AvgIpc) is 3.42. The Morgan fingerprint density at radius 2 is 1.23 bits per heavy atom. The molecule has 1 aliphatic rings. The summed E-state index contributed by atoms with van der Waals surface area (Å²) in [5.74, 6) is 0. The first-order valence-corrected chi connectivity index (χ1v) is 9.68. The quantitative estimate of drug-likeness (QED) is 0.297. The van der Waals surface area contributed by atoms with Crippen LogP contribution in [0.4, 0.5) is 0 Å². The SMILES string of the molecule is [C-]1=C(c2ccc3ccccc3c2)C=CC1.[Cl-].[Cl-].[Zr+4].c1ccc2c(c1)[cH-]c1ccccc12. The minimum Gasteiger partial charge on any atom is -1.00 e. The zero-order valence-electron chi connectivity index (χ0n) is 16.9. The van der Waals surface area contributed by atoms with Crippen molar-refractivity contribution in [2.75, 3.05) is 0 Å². The van der Waals surface area contributed by atoms with Gasteiger partial charge in [-0.25, -0.2) is 0 Å². The molecule has 0 fully saturated rings. The molecule has 1 aliphatic carbocycles. The Kier molecular flexibility index (Phi) is 9.38. The van der Waals surface area contributed by atoms with Gasteiger partial charge < -0.3 is 24.8 Å². The number of rotatable bonds is 1. The second-order valence-corrected chi connectivity index (χ2v) is 7.08.